The highest BCUT2D eigenvalue weighted by molar-refractivity contribution is 5.99. The Kier molecular flexibility index (Phi) is 3.78. The third-order valence-electron chi connectivity index (χ3n) is 8.17. The molecule has 1 unspecified atom stereocenters. The largest absolute Gasteiger partial charge is 0.489 e. The van der Waals surface area contributed by atoms with Gasteiger partial charge >= 0.3 is 0 Å². The summed E-state index contributed by atoms with van der Waals surface area (Å²) in [7, 11) is 0. The lowest BCUT2D eigenvalue weighted by Crippen LogP contribution is -2.43. The van der Waals surface area contributed by atoms with Crippen LogP contribution in [0, 0.1) is 11.3 Å². The smallest absolute Gasteiger partial charge is 0.166 e. The van der Waals surface area contributed by atoms with E-state index in [4.69, 9.17) is 4.74 Å². The first-order valence-electron chi connectivity index (χ1n) is 11.1. The number of carbonyl (C=O) groups excluding carboxylic acids is 1. The molecule has 3 nitrogen and oxygen atoms in total. The Morgan fingerprint density at radius 2 is 2.03 bits per heavy atom. The van der Waals surface area contributed by atoms with E-state index in [0.29, 0.717) is 18.3 Å². The van der Waals surface area contributed by atoms with Crippen LogP contribution in [-0.4, -0.2) is 16.9 Å². The molecule has 2 saturated carbocycles. The number of nitrogens with zero attached hydrogens (tertiary/aromatic N) is 1. The van der Waals surface area contributed by atoms with Crippen molar-refractivity contribution in [2.45, 2.75) is 63.9 Å². The molecule has 0 spiro atoms. The third kappa shape index (κ3) is 2.56. The average Bonchev–Trinajstić information content (AvgIpc) is 3.10. The molecule has 3 aliphatic carbocycles. The lowest BCUT2D eigenvalue weighted by atomic mass is 9.61. The number of fused-ring (bicyclic) bond motifs is 4. The zero-order valence-corrected chi connectivity index (χ0v) is 17.0. The van der Waals surface area contributed by atoms with Gasteiger partial charge in [-0.05, 0) is 78.2 Å². The summed E-state index contributed by atoms with van der Waals surface area (Å²) in [6.07, 6.45) is 13.4. The summed E-state index contributed by atoms with van der Waals surface area (Å²) in [6.45, 7) is 2.48. The Bertz CT molecular complexity index is 1080. The molecule has 1 aromatic heterocycles. The Labute approximate surface area is 171 Å². The van der Waals surface area contributed by atoms with Gasteiger partial charge in [0.15, 0.2) is 5.78 Å². The average molecular weight is 386 g/mol. The maximum Gasteiger partial charge on any atom is 0.166 e. The highest BCUT2D eigenvalue weighted by atomic mass is 16.5. The molecule has 4 atom stereocenters. The summed E-state index contributed by atoms with van der Waals surface area (Å²) in [5.74, 6) is 2.34. The maximum atomic E-state index is 12.4. The normalized spacial score (nSPS) is 33.6. The van der Waals surface area contributed by atoms with Gasteiger partial charge in [-0.3, -0.25) is 9.78 Å². The minimum absolute atomic E-state index is 0.172. The maximum absolute atomic E-state index is 12.4. The number of Topliss-reactive ketones (excluding diaryl/α,β-unsaturated/α-hetero) is 1. The molecule has 2 heterocycles. The first-order chi connectivity index (χ1) is 14.1. The fraction of sp³-hybridized carbons (Fsp3) is 0.462. The number of hydrogen-bond acceptors (Lipinski definition) is 3. The van der Waals surface area contributed by atoms with Crippen molar-refractivity contribution in [1.29, 1.82) is 0 Å². The van der Waals surface area contributed by atoms with Crippen LogP contribution in [0.2, 0.25) is 0 Å². The van der Waals surface area contributed by atoms with Gasteiger partial charge in [-0.1, -0.05) is 19.1 Å². The van der Waals surface area contributed by atoms with Gasteiger partial charge in [-0.2, -0.15) is 0 Å². The van der Waals surface area contributed by atoms with Crippen LogP contribution in [0.25, 0.3) is 10.8 Å². The lowest BCUT2D eigenvalue weighted by molar-refractivity contribution is -0.116. The molecule has 0 bridgehead atoms. The van der Waals surface area contributed by atoms with Gasteiger partial charge in [0.05, 0.1) is 5.57 Å². The van der Waals surface area contributed by atoms with Crippen LogP contribution in [0.3, 0.4) is 0 Å². The number of pyridine rings is 1. The number of ketones is 1. The van der Waals surface area contributed by atoms with Crippen LogP contribution in [0.1, 0.15) is 63.4 Å². The van der Waals surface area contributed by atoms with Gasteiger partial charge in [0.1, 0.15) is 11.9 Å². The summed E-state index contributed by atoms with van der Waals surface area (Å²) in [4.78, 5) is 16.7. The first-order valence-corrected chi connectivity index (χ1v) is 11.1. The second-order valence-corrected chi connectivity index (χ2v) is 9.60. The number of rotatable bonds is 1. The Hall–Kier alpha value is -2.42. The van der Waals surface area contributed by atoms with Crippen molar-refractivity contribution < 1.29 is 9.53 Å². The molecule has 2 aromatic rings. The molecule has 1 aromatic carbocycles. The molecule has 1 aliphatic heterocycles. The minimum Gasteiger partial charge on any atom is -0.489 e. The van der Waals surface area contributed by atoms with E-state index in [1.54, 1.807) is 0 Å². The highest BCUT2D eigenvalue weighted by Gasteiger charge is 2.54. The number of ether oxygens (including phenoxy) is 1. The van der Waals surface area contributed by atoms with Crippen molar-refractivity contribution in [3.8, 4) is 0 Å². The van der Waals surface area contributed by atoms with Crippen molar-refractivity contribution >= 4 is 16.6 Å². The fourth-order valence-electron chi connectivity index (χ4n) is 6.57. The molecule has 3 heteroatoms. The van der Waals surface area contributed by atoms with Gasteiger partial charge in [0.2, 0.25) is 0 Å². The molecule has 2 fully saturated rings. The molecule has 0 radical (unpaired) electrons. The van der Waals surface area contributed by atoms with Gasteiger partial charge in [0.25, 0.3) is 0 Å². The van der Waals surface area contributed by atoms with E-state index in [2.05, 4.69) is 42.2 Å². The number of hydrogen-bond donors (Lipinski definition) is 0. The van der Waals surface area contributed by atoms with E-state index in [-0.39, 0.29) is 17.3 Å². The second-order valence-electron chi connectivity index (χ2n) is 9.60. The molecular weight excluding hydrogens is 358 g/mol. The standard InChI is InChI=1S/C26H27NO2/c1-26-11-9-18-14-20-23(28)3-2-4-24(20)29-25(18)22(26)8-7-21(26)17-6-5-16-10-12-27-15-19(16)13-17/h5-6,10,12-15,21-22,25H,2-4,7-9,11H2,1H3/t21?,22-,25+,26+/m0/s1. The number of allylic oxidation sites excluding steroid dienone is 3. The summed E-state index contributed by atoms with van der Waals surface area (Å²) in [5, 5.41) is 2.49. The lowest BCUT2D eigenvalue weighted by Gasteiger charge is -2.48. The van der Waals surface area contributed by atoms with Crippen LogP contribution >= 0.6 is 0 Å². The molecule has 0 N–H and O–H groups in total. The first kappa shape index (κ1) is 17.4. The van der Waals surface area contributed by atoms with Crippen LogP contribution < -0.4 is 0 Å². The van der Waals surface area contributed by atoms with Gasteiger partial charge in [-0.25, -0.2) is 0 Å². The van der Waals surface area contributed by atoms with E-state index in [0.717, 1.165) is 30.6 Å². The summed E-state index contributed by atoms with van der Waals surface area (Å²) < 4.78 is 6.58. The van der Waals surface area contributed by atoms with Crippen LogP contribution in [0.5, 0.6) is 0 Å². The third-order valence-corrected chi connectivity index (χ3v) is 8.17. The molecule has 0 saturated heterocycles. The highest BCUT2D eigenvalue weighted by Crippen LogP contribution is 2.62. The predicted octanol–water partition coefficient (Wildman–Crippen LogP) is 5.86. The van der Waals surface area contributed by atoms with Crippen LogP contribution in [-0.2, 0) is 9.53 Å². The van der Waals surface area contributed by atoms with Crippen molar-refractivity contribution in [3.63, 3.8) is 0 Å². The molecule has 29 heavy (non-hydrogen) atoms. The number of aromatic nitrogens is 1. The summed E-state index contributed by atoms with van der Waals surface area (Å²) in [6, 6.07) is 9.02. The van der Waals surface area contributed by atoms with Crippen molar-refractivity contribution in [2.75, 3.05) is 0 Å². The topological polar surface area (TPSA) is 39.2 Å². The van der Waals surface area contributed by atoms with Gasteiger partial charge in [-0.15, -0.1) is 0 Å². The summed E-state index contributed by atoms with van der Waals surface area (Å²) in [5.41, 5.74) is 3.94. The van der Waals surface area contributed by atoms with E-state index < -0.39 is 0 Å². The van der Waals surface area contributed by atoms with Crippen LogP contribution in [0.15, 0.2) is 59.6 Å². The molecule has 148 valence electrons. The monoisotopic (exact) mass is 385 g/mol. The Balaban J connectivity index is 1.34. The zero-order valence-electron chi connectivity index (χ0n) is 17.0. The second kappa shape index (κ2) is 6.29. The van der Waals surface area contributed by atoms with Gasteiger partial charge < -0.3 is 4.74 Å². The SMILES string of the molecule is C[C@]12CCC3=CC4=C(CCCC4=O)O[C@H]3[C@@H]1CCC2c1ccc2ccncc2c1. The van der Waals surface area contributed by atoms with E-state index >= 15 is 0 Å². The van der Waals surface area contributed by atoms with Gasteiger partial charge in [0, 0.05) is 36.5 Å². The molecule has 6 rings (SSSR count). The molecule has 0 amide bonds. The number of carbonyl (C=O) groups is 1. The van der Waals surface area contributed by atoms with E-state index in [9.17, 15) is 4.79 Å². The quantitative estimate of drug-likeness (QED) is 0.617. The Morgan fingerprint density at radius 1 is 1.10 bits per heavy atom. The van der Waals surface area contributed by atoms with Crippen molar-refractivity contribution in [2.24, 2.45) is 11.3 Å². The van der Waals surface area contributed by atoms with Crippen molar-refractivity contribution in [1.82, 2.24) is 4.98 Å². The molecular formula is C26H27NO2. The van der Waals surface area contributed by atoms with Crippen molar-refractivity contribution in [3.05, 3.63) is 65.2 Å². The Morgan fingerprint density at radius 3 is 2.97 bits per heavy atom. The summed E-state index contributed by atoms with van der Waals surface area (Å²) >= 11 is 0. The predicted molar refractivity (Wildman–Crippen MR) is 113 cm³/mol. The minimum atomic E-state index is 0.172. The van der Waals surface area contributed by atoms with Crippen LogP contribution in [0.4, 0.5) is 0 Å². The zero-order chi connectivity index (χ0) is 19.6. The fourth-order valence-corrected chi connectivity index (χ4v) is 6.57. The van der Waals surface area contributed by atoms with E-state index in [1.165, 1.54) is 41.2 Å². The van der Waals surface area contributed by atoms with E-state index in [1.807, 2.05) is 12.4 Å². The molecule has 4 aliphatic rings. The number of benzene rings is 1.